The fourth-order valence-corrected chi connectivity index (χ4v) is 6.19. The van der Waals surface area contributed by atoms with E-state index >= 15 is 0 Å². The van der Waals surface area contributed by atoms with E-state index in [1.54, 1.807) is 25.3 Å². The molecule has 200 valence electrons. The quantitative estimate of drug-likeness (QED) is 0.467. The van der Waals surface area contributed by atoms with Crippen LogP contribution in [0.2, 0.25) is 5.02 Å². The van der Waals surface area contributed by atoms with Gasteiger partial charge >= 0.3 is 0 Å². The van der Waals surface area contributed by atoms with Crippen molar-refractivity contribution in [2.45, 2.75) is 65.7 Å². The Morgan fingerprint density at radius 2 is 1.59 bits per heavy atom. The number of benzene rings is 1. The van der Waals surface area contributed by atoms with E-state index in [4.69, 9.17) is 21.1 Å². The number of carbonyl (C=O) groups is 3. The smallest absolute Gasteiger partial charge is 0.162 e. The van der Waals surface area contributed by atoms with Gasteiger partial charge in [-0.25, -0.2) is 0 Å². The predicted molar refractivity (Wildman–Crippen MR) is 138 cm³/mol. The minimum Gasteiger partial charge on any atom is -0.546 e. The molecule has 0 atom stereocenters. The summed E-state index contributed by atoms with van der Waals surface area (Å²) in [7, 11) is 1.66. The molecule has 1 heterocycles. The molecule has 1 aromatic carbocycles. The number of aliphatic carboxylic acids is 1. The first-order valence-corrected chi connectivity index (χ1v) is 13.1. The highest BCUT2D eigenvalue weighted by molar-refractivity contribution is 6.30. The third kappa shape index (κ3) is 5.63. The van der Waals surface area contributed by atoms with Gasteiger partial charge in [-0.3, -0.25) is 9.59 Å². The molecule has 3 aliphatic rings. The minimum absolute atomic E-state index is 0.0111. The highest BCUT2D eigenvalue weighted by Crippen LogP contribution is 2.55. The molecule has 0 spiro atoms. The van der Waals surface area contributed by atoms with E-state index in [-0.39, 0.29) is 28.1 Å². The number of halogens is 1. The molecule has 4 rings (SSSR count). The number of nitrogens with zero attached hydrogens (tertiary/aromatic N) is 1. The largest absolute Gasteiger partial charge is 0.546 e. The van der Waals surface area contributed by atoms with Gasteiger partial charge in [0.1, 0.15) is 12.4 Å². The zero-order valence-electron chi connectivity index (χ0n) is 22.2. The van der Waals surface area contributed by atoms with Gasteiger partial charge in [0.05, 0.1) is 5.97 Å². The maximum Gasteiger partial charge on any atom is 0.162 e. The molecule has 8 heteroatoms. The molecule has 0 bridgehead atoms. The summed E-state index contributed by atoms with van der Waals surface area (Å²) in [6, 6.07) is 4.89. The second-order valence-electron chi connectivity index (χ2n) is 11.9. The number of hydrogen-bond donors (Lipinski definition) is 0. The molecule has 1 aliphatic heterocycles. The summed E-state index contributed by atoms with van der Waals surface area (Å²) in [5, 5.41) is 11.6. The number of Topliss-reactive ketones (excluding diaryl/α,β-unsaturated/α-hetero) is 2. The Balaban J connectivity index is 1.98. The van der Waals surface area contributed by atoms with E-state index in [0.29, 0.717) is 60.6 Å². The molecule has 37 heavy (non-hydrogen) atoms. The van der Waals surface area contributed by atoms with Crippen molar-refractivity contribution in [2.75, 3.05) is 26.9 Å². The molecule has 0 unspecified atom stereocenters. The summed E-state index contributed by atoms with van der Waals surface area (Å²) in [6.07, 6.45) is 2.81. The number of carbonyl (C=O) groups excluding carboxylic acids is 3. The molecular formula is C29H35ClNO6-. The van der Waals surface area contributed by atoms with Crippen LogP contribution in [0.5, 0.6) is 5.75 Å². The molecule has 7 nitrogen and oxygen atoms in total. The predicted octanol–water partition coefficient (Wildman–Crippen LogP) is 4.19. The number of carboxylic acids is 1. The second kappa shape index (κ2) is 10.3. The van der Waals surface area contributed by atoms with Crippen LogP contribution in [0.3, 0.4) is 0 Å². The summed E-state index contributed by atoms with van der Waals surface area (Å²) in [5.41, 5.74) is 3.08. The van der Waals surface area contributed by atoms with Gasteiger partial charge in [0.2, 0.25) is 0 Å². The number of hydrogen-bond acceptors (Lipinski definition) is 7. The first-order valence-electron chi connectivity index (χ1n) is 12.7. The number of carboxylic acid groups (broad SMARTS) is 1. The Kier molecular flexibility index (Phi) is 7.59. The number of ether oxygens (including phenoxy) is 2. The average Bonchev–Trinajstić information content (AvgIpc) is 2.77. The number of allylic oxidation sites excluding steroid dienone is 4. The molecular weight excluding hydrogens is 494 g/mol. The standard InChI is InChI=1S/C29H36ClNO6/c1-28(2)12-19-26(21(32)14-28)25(18-11-17(30)7-8-23(18)37-16-24(34)35)27-20(31(19)9-6-10-36-5)13-29(3,4)15-22(27)33/h7-8,11,25H,6,9-10,12-16H2,1-5H3,(H,34,35)/p-1. The molecule has 2 aliphatic carbocycles. The lowest BCUT2D eigenvalue weighted by molar-refractivity contribution is -0.307. The third-order valence-electron chi connectivity index (χ3n) is 7.38. The fourth-order valence-electron chi connectivity index (χ4n) is 6.01. The van der Waals surface area contributed by atoms with Crippen LogP contribution in [-0.2, 0) is 19.1 Å². The highest BCUT2D eigenvalue weighted by Gasteiger charge is 2.49. The summed E-state index contributed by atoms with van der Waals surface area (Å²) < 4.78 is 10.9. The van der Waals surface area contributed by atoms with Gasteiger partial charge in [0.25, 0.3) is 0 Å². The van der Waals surface area contributed by atoms with E-state index in [1.807, 2.05) is 0 Å². The summed E-state index contributed by atoms with van der Waals surface area (Å²) in [4.78, 5) is 41.1. The zero-order chi connectivity index (χ0) is 27.1. The summed E-state index contributed by atoms with van der Waals surface area (Å²) in [6.45, 7) is 8.90. The van der Waals surface area contributed by atoms with Gasteiger partial charge in [-0.05, 0) is 48.3 Å². The molecule has 0 saturated heterocycles. The van der Waals surface area contributed by atoms with Crippen molar-refractivity contribution in [1.29, 1.82) is 0 Å². The van der Waals surface area contributed by atoms with E-state index in [0.717, 1.165) is 17.8 Å². The fraction of sp³-hybridized carbons (Fsp3) is 0.552. The minimum atomic E-state index is -1.36. The molecule has 0 amide bonds. The first-order chi connectivity index (χ1) is 17.3. The Hall–Kier alpha value is -2.64. The van der Waals surface area contributed by atoms with Crippen LogP contribution in [0.15, 0.2) is 40.7 Å². The number of ketones is 2. The van der Waals surface area contributed by atoms with Crippen molar-refractivity contribution in [3.63, 3.8) is 0 Å². The first kappa shape index (κ1) is 27.4. The second-order valence-corrected chi connectivity index (χ2v) is 12.3. The topological polar surface area (TPSA) is 96.0 Å². The lowest BCUT2D eigenvalue weighted by atomic mass is 9.63. The molecule has 0 N–H and O–H groups in total. The van der Waals surface area contributed by atoms with Crippen LogP contribution < -0.4 is 9.84 Å². The van der Waals surface area contributed by atoms with Crippen LogP contribution in [0, 0.1) is 10.8 Å². The van der Waals surface area contributed by atoms with Crippen molar-refractivity contribution < 1.29 is 29.0 Å². The molecule has 0 fully saturated rings. The average molecular weight is 529 g/mol. The van der Waals surface area contributed by atoms with Crippen molar-refractivity contribution in [2.24, 2.45) is 10.8 Å². The van der Waals surface area contributed by atoms with E-state index in [2.05, 4.69) is 32.6 Å². The van der Waals surface area contributed by atoms with Crippen LogP contribution in [0.25, 0.3) is 0 Å². The van der Waals surface area contributed by atoms with Gasteiger partial charge in [0, 0.05) is 72.1 Å². The number of rotatable bonds is 8. The molecule has 0 saturated carbocycles. The maximum absolute atomic E-state index is 13.9. The SMILES string of the molecule is COCCCN1C2=C(C(=O)CC(C)(C)C2)C(c2cc(Cl)ccc2OCC(=O)[O-])C2=C1CC(C)(C)CC2=O. The summed E-state index contributed by atoms with van der Waals surface area (Å²) in [5.74, 6) is -1.78. The summed E-state index contributed by atoms with van der Waals surface area (Å²) >= 11 is 6.42. The Bertz CT molecular complexity index is 1140. The zero-order valence-corrected chi connectivity index (χ0v) is 23.0. The molecule has 0 radical (unpaired) electrons. The van der Waals surface area contributed by atoms with Crippen LogP contribution in [0.1, 0.15) is 71.3 Å². The van der Waals surface area contributed by atoms with E-state index in [9.17, 15) is 19.5 Å². The molecule has 1 aromatic rings. The Morgan fingerprint density at radius 1 is 1.03 bits per heavy atom. The monoisotopic (exact) mass is 528 g/mol. The third-order valence-corrected chi connectivity index (χ3v) is 7.62. The van der Waals surface area contributed by atoms with E-state index in [1.165, 1.54) is 0 Å². The molecule has 0 aromatic heterocycles. The maximum atomic E-state index is 13.9. The van der Waals surface area contributed by atoms with Gasteiger partial charge in [-0.1, -0.05) is 39.3 Å². The lowest BCUT2D eigenvalue weighted by Gasteiger charge is -2.49. The number of methoxy groups -OCH3 is 1. The van der Waals surface area contributed by atoms with Crippen LogP contribution in [0.4, 0.5) is 0 Å². The van der Waals surface area contributed by atoms with E-state index < -0.39 is 18.5 Å². The Labute approximate surface area is 223 Å². The van der Waals surface area contributed by atoms with Gasteiger partial charge < -0.3 is 24.3 Å². The van der Waals surface area contributed by atoms with Gasteiger partial charge in [0.15, 0.2) is 11.6 Å². The highest BCUT2D eigenvalue weighted by atomic mass is 35.5. The van der Waals surface area contributed by atoms with Gasteiger partial charge in [-0.15, -0.1) is 0 Å². The normalized spacial score (nSPS) is 21.2. The van der Waals surface area contributed by atoms with Crippen molar-refractivity contribution in [3.8, 4) is 5.75 Å². The Morgan fingerprint density at radius 3 is 2.11 bits per heavy atom. The van der Waals surface area contributed by atoms with Crippen LogP contribution >= 0.6 is 11.6 Å². The van der Waals surface area contributed by atoms with Crippen molar-refractivity contribution >= 4 is 29.1 Å². The van der Waals surface area contributed by atoms with Crippen molar-refractivity contribution in [1.82, 2.24) is 4.90 Å². The van der Waals surface area contributed by atoms with Crippen LogP contribution in [-0.4, -0.2) is 49.3 Å². The van der Waals surface area contributed by atoms with Crippen molar-refractivity contribution in [3.05, 3.63) is 51.3 Å². The van der Waals surface area contributed by atoms with Gasteiger partial charge in [-0.2, -0.15) is 0 Å². The lowest BCUT2D eigenvalue weighted by Crippen LogP contribution is -2.45.